The summed E-state index contributed by atoms with van der Waals surface area (Å²) < 4.78 is 63.1. The maximum Gasteiger partial charge on any atom is 0.294 e. The minimum atomic E-state index is -4.36. The molecule has 2 aliphatic rings. The minimum absolute atomic E-state index is 0.298. The molecule has 2 N–H and O–H groups in total. The number of benzene rings is 2. The summed E-state index contributed by atoms with van der Waals surface area (Å²) in [4.78, 5) is 25.1. The molecule has 1 atom stereocenters. The van der Waals surface area contributed by atoms with E-state index in [1.165, 1.54) is 48.5 Å². The number of hydrazone groups is 2. The van der Waals surface area contributed by atoms with Crippen molar-refractivity contribution in [2.45, 2.75) is 23.6 Å². The van der Waals surface area contributed by atoms with Crippen molar-refractivity contribution in [2.75, 3.05) is 10.0 Å². The largest absolute Gasteiger partial charge is 0.294 e. The first-order valence-electron chi connectivity index (χ1n) is 11.3. The number of anilines is 2. The summed E-state index contributed by atoms with van der Waals surface area (Å²) in [5.41, 5.74) is 1.94. The lowest BCUT2D eigenvalue weighted by Crippen LogP contribution is -2.25. The number of carbonyl (C=O) groups is 2. The number of carbonyl (C=O) groups excluding carboxylic acids is 2. The highest BCUT2D eigenvalue weighted by Gasteiger charge is 2.32. The Labute approximate surface area is 224 Å². The van der Waals surface area contributed by atoms with E-state index in [1.54, 1.807) is 44.2 Å². The third-order valence-electron chi connectivity index (χ3n) is 5.79. The summed E-state index contributed by atoms with van der Waals surface area (Å²) in [5.74, 6) is -1.42. The first kappa shape index (κ1) is 27.8. The maximum atomic E-state index is 12.8. The molecule has 0 spiro atoms. The first-order valence-corrected chi connectivity index (χ1v) is 14.1. The molecule has 0 saturated heterocycles. The van der Waals surface area contributed by atoms with Crippen molar-refractivity contribution >= 4 is 54.8 Å². The van der Waals surface area contributed by atoms with E-state index < -0.39 is 32.1 Å². The van der Waals surface area contributed by atoms with Crippen molar-refractivity contribution in [1.29, 1.82) is 0 Å². The molecular formula is C25H22N4O8S2. The SMILES string of the molecule is CC1=NN(c2ccc(S(=O)(=O)O)cc2)C(=O)/C1=C/C=C/C=C/[C@@H]1C(=O)N(c2ccc(S(=O)(=O)O)cc2)N=C1C. The molecule has 0 radical (unpaired) electrons. The highest BCUT2D eigenvalue weighted by Crippen LogP contribution is 2.27. The number of hydrogen-bond donors (Lipinski definition) is 2. The van der Waals surface area contributed by atoms with E-state index in [2.05, 4.69) is 10.2 Å². The Morgan fingerprint density at radius 1 is 0.744 bits per heavy atom. The summed E-state index contributed by atoms with van der Waals surface area (Å²) in [6, 6.07) is 10.1. The normalized spacial score (nSPS) is 19.6. The number of allylic oxidation sites excluding steroid dienone is 4. The lowest BCUT2D eigenvalue weighted by molar-refractivity contribution is -0.118. The summed E-state index contributed by atoms with van der Waals surface area (Å²) in [7, 11) is -8.71. The molecule has 2 amide bonds. The van der Waals surface area contributed by atoms with Crippen molar-refractivity contribution < 1.29 is 35.5 Å². The van der Waals surface area contributed by atoms with Gasteiger partial charge in [-0.15, -0.1) is 0 Å². The van der Waals surface area contributed by atoms with Crippen molar-refractivity contribution in [1.82, 2.24) is 0 Å². The molecule has 0 aliphatic carbocycles. The summed E-state index contributed by atoms with van der Waals surface area (Å²) in [6.07, 6.45) is 8.04. The average molecular weight is 571 g/mol. The van der Waals surface area contributed by atoms with E-state index >= 15 is 0 Å². The van der Waals surface area contributed by atoms with Crippen molar-refractivity contribution in [3.63, 3.8) is 0 Å². The zero-order chi connectivity index (χ0) is 28.5. The van der Waals surface area contributed by atoms with E-state index in [4.69, 9.17) is 9.11 Å². The van der Waals surface area contributed by atoms with E-state index in [9.17, 15) is 26.4 Å². The summed E-state index contributed by atoms with van der Waals surface area (Å²) in [6.45, 7) is 3.33. The topological polar surface area (TPSA) is 174 Å². The van der Waals surface area contributed by atoms with E-state index in [0.29, 0.717) is 28.4 Å². The van der Waals surface area contributed by atoms with Crippen molar-refractivity contribution in [3.05, 3.63) is 84.5 Å². The lowest BCUT2D eigenvalue weighted by atomic mass is 10.0. The van der Waals surface area contributed by atoms with Gasteiger partial charge in [0.25, 0.3) is 32.1 Å². The molecule has 39 heavy (non-hydrogen) atoms. The van der Waals surface area contributed by atoms with Gasteiger partial charge in [-0.05, 0) is 68.5 Å². The molecule has 0 saturated carbocycles. The first-order chi connectivity index (χ1) is 18.3. The van der Waals surface area contributed by atoms with Gasteiger partial charge in [-0.3, -0.25) is 18.7 Å². The molecule has 12 nitrogen and oxygen atoms in total. The number of nitrogens with zero attached hydrogens (tertiary/aromatic N) is 4. The minimum Gasteiger partial charge on any atom is -0.282 e. The molecule has 2 aromatic rings. The Hall–Kier alpha value is -4.24. The lowest BCUT2D eigenvalue weighted by Gasteiger charge is -2.13. The Balaban J connectivity index is 1.41. The zero-order valence-electron chi connectivity index (χ0n) is 20.5. The summed E-state index contributed by atoms with van der Waals surface area (Å²) >= 11 is 0. The molecule has 202 valence electrons. The standard InChI is InChI=1S/C25H22N4O8S2/c1-16-22(24(30)28(26-16)18-8-12-20(13-9-18)38(32,33)34)6-4-3-5-7-23-17(2)27-29(25(23)31)19-10-14-21(15-11-19)39(35,36)37/h3-15,22H,1-2H3,(H,32,33,34)(H,35,36,37)/b5-3+,6-4+,23-7+/t22-/m0/s1. The van der Waals surface area contributed by atoms with Gasteiger partial charge < -0.3 is 0 Å². The highest BCUT2D eigenvalue weighted by atomic mass is 32.2. The number of hydrogen-bond acceptors (Lipinski definition) is 8. The Morgan fingerprint density at radius 3 is 1.77 bits per heavy atom. The number of rotatable bonds is 7. The van der Waals surface area contributed by atoms with Gasteiger partial charge in [0.05, 0.1) is 44.1 Å². The van der Waals surface area contributed by atoms with Crippen molar-refractivity contribution in [2.24, 2.45) is 16.1 Å². The Bertz CT molecular complexity index is 1700. The average Bonchev–Trinajstić information content (AvgIpc) is 3.32. The second-order valence-electron chi connectivity index (χ2n) is 8.46. The monoisotopic (exact) mass is 570 g/mol. The van der Waals surface area contributed by atoms with Gasteiger partial charge in [0, 0.05) is 0 Å². The fourth-order valence-corrected chi connectivity index (χ4v) is 4.74. The fraction of sp³-hybridized carbons (Fsp3) is 0.120. The van der Waals surface area contributed by atoms with Gasteiger partial charge >= 0.3 is 0 Å². The van der Waals surface area contributed by atoms with Crippen LogP contribution in [0.1, 0.15) is 13.8 Å². The summed E-state index contributed by atoms with van der Waals surface area (Å²) in [5, 5.41) is 10.7. The molecular weight excluding hydrogens is 548 g/mol. The van der Waals surface area contributed by atoms with Crippen LogP contribution >= 0.6 is 0 Å². The van der Waals surface area contributed by atoms with Crippen LogP contribution in [-0.4, -0.2) is 49.2 Å². The van der Waals surface area contributed by atoms with Gasteiger partial charge in [-0.25, -0.2) is 0 Å². The van der Waals surface area contributed by atoms with Crippen LogP contribution in [0.3, 0.4) is 0 Å². The van der Waals surface area contributed by atoms with Gasteiger partial charge in [0.1, 0.15) is 0 Å². The second-order valence-corrected chi connectivity index (χ2v) is 11.3. The smallest absolute Gasteiger partial charge is 0.282 e. The third-order valence-corrected chi connectivity index (χ3v) is 7.53. The van der Waals surface area contributed by atoms with E-state index in [-0.39, 0.29) is 15.7 Å². The van der Waals surface area contributed by atoms with Gasteiger partial charge in [0.2, 0.25) is 0 Å². The molecule has 2 heterocycles. The zero-order valence-corrected chi connectivity index (χ0v) is 22.2. The van der Waals surface area contributed by atoms with Crippen LogP contribution in [0.25, 0.3) is 0 Å². The van der Waals surface area contributed by atoms with Crippen molar-refractivity contribution in [3.8, 4) is 0 Å². The van der Waals surface area contributed by atoms with Crippen LogP contribution in [0.2, 0.25) is 0 Å². The predicted molar refractivity (Wildman–Crippen MR) is 144 cm³/mol. The third kappa shape index (κ3) is 5.93. The second kappa shape index (κ2) is 10.5. The van der Waals surface area contributed by atoms with Crippen LogP contribution in [0.4, 0.5) is 11.4 Å². The van der Waals surface area contributed by atoms with Gasteiger partial charge in [-0.2, -0.15) is 37.1 Å². The Morgan fingerprint density at radius 2 is 1.26 bits per heavy atom. The van der Waals surface area contributed by atoms with E-state index in [1.807, 2.05) is 0 Å². The molecule has 0 unspecified atom stereocenters. The molecule has 0 bridgehead atoms. The highest BCUT2D eigenvalue weighted by molar-refractivity contribution is 7.86. The molecule has 0 aromatic heterocycles. The van der Waals surface area contributed by atoms with Crippen LogP contribution < -0.4 is 10.0 Å². The molecule has 2 aliphatic heterocycles. The van der Waals surface area contributed by atoms with Crippen LogP contribution in [0.5, 0.6) is 0 Å². The Kier molecular flexibility index (Phi) is 7.48. The van der Waals surface area contributed by atoms with Gasteiger partial charge in [0.15, 0.2) is 0 Å². The van der Waals surface area contributed by atoms with Crippen LogP contribution in [0, 0.1) is 5.92 Å². The fourth-order valence-electron chi connectivity index (χ4n) is 3.78. The van der Waals surface area contributed by atoms with Gasteiger partial charge in [-0.1, -0.05) is 24.3 Å². The molecule has 2 aromatic carbocycles. The van der Waals surface area contributed by atoms with Crippen LogP contribution in [0.15, 0.2) is 104 Å². The predicted octanol–water partition coefficient (Wildman–Crippen LogP) is 2.98. The number of amides is 2. The molecule has 0 fully saturated rings. The molecule has 14 heteroatoms. The molecule has 4 rings (SSSR count). The van der Waals surface area contributed by atoms with E-state index in [0.717, 1.165) is 10.0 Å². The maximum absolute atomic E-state index is 12.8. The van der Waals surface area contributed by atoms with Crippen LogP contribution in [-0.2, 0) is 29.8 Å². The quantitative estimate of drug-likeness (QED) is 0.290.